The SMILES string of the molecule is CON(C)C(=O)C1[C@H](c2ccccc2)CCN2c3ccccc3O[C@]12C. The van der Waals surface area contributed by atoms with Crippen molar-refractivity contribution >= 4 is 11.6 Å². The first kappa shape index (κ1) is 16.9. The van der Waals surface area contributed by atoms with Crippen molar-refractivity contribution in [2.75, 3.05) is 25.6 Å². The van der Waals surface area contributed by atoms with E-state index in [9.17, 15) is 4.79 Å². The molecule has 2 aromatic rings. The summed E-state index contributed by atoms with van der Waals surface area (Å²) in [7, 11) is 3.18. The average Bonchev–Trinajstić information content (AvgIpc) is 2.98. The fraction of sp³-hybridized carbons (Fsp3) is 0.381. The predicted molar refractivity (Wildman–Crippen MR) is 99.9 cm³/mol. The third-order valence-corrected chi connectivity index (χ3v) is 5.73. The number of ether oxygens (including phenoxy) is 1. The van der Waals surface area contributed by atoms with Crippen LogP contribution in [0, 0.1) is 5.92 Å². The van der Waals surface area contributed by atoms with Crippen molar-refractivity contribution in [1.29, 1.82) is 0 Å². The molecule has 2 aliphatic heterocycles. The second-order valence-electron chi connectivity index (χ2n) is 7.08. The molecule has 2 aromatic carbocycles. The van der Waals surface area contributed by atoms with Gasteiger partial charge in [0.25, 0.3) is 5.91 Å². The number of anilines is 1. The van der Waals surface area contributed by atoms with Gasteiger partial charge in [-0.15, -0.1) is 0 Å². The highest BCUT2D eigenvalue weighted by molar-refractivity contribution is 5.82. The normalized spacial score (nSPS) is 26.7. The Bertz CT molecular complexity index is 810. The lowest BCUT2D eigenvalue weighted by atomic mass is 9.73. The standard InChI is InChI=1S/C21H24N2O3/c1-21-19(20(24)22(2)25-3)16(15-9-5-4-6-10-15)13-14-23(21)17-11-7-8-12-18(17)26-21/h4-12,16,19H,13-14H2,1-3H3/t16-,19?,21+/m0/s1. The van der Waals surface area contributed by atoms with Crippen LogP contribution in [-0.2, 0) is 9.63 Å². The Balaban J connectivity index is 1.80. The van der Waals surface area contributed by atoms with Crippen molar-refractivity contribution in [1.82, 2.24) is 5.06 Å². The number of benzene rings is 2. The number of hydrogen-bond acceptors (Lipinski definition) is 4. The number of hydroxylamine groups is 2. The van der Waals surface area contributed by atoms with Gasteiger partial charge in [-0.3, -0.25) is 9.63 Å². The smallest absolute Gasteiger partial charge is 0.255 e. The van der Waals surface area contributed by atoms with Crippen molar-refractivity contribution in [3.8, 4) is 5.75 Å². The van der Waals surface area contributed by atoms with Gasteiger partial charge in [0.2, 0.25) is 0 Å². The number of rotatable bonds is 3. The van der Waals surface area contributed by atoms with Crippen LogP contribution in [0.1, 0.15) is 24.8 Å². The zero-order valence-corrected chi connectivity index (χ0v) is 15.4. The van der Waals surface area contributed by atoms with E-state index in [0.717, 1.165) is 30.0 Å². The van der Waals surface area contributed by atoms with E-state index in [1.807, 2.05) is 43.3 Å². The molecule has 1 fully saturated rings. The number of hydrogen-bond donors (Lipinski definition) is 0. The molecule has 5 nitrogen and oxygen atoms in total. The Kier molecular flexibility index (Phi) is 4.11. The van der Waals surface area contributed by atoms with Gasteiger partial charge in [-0.2, -0.15) is 0 Å². The summed E-state index contributed by atoms with van der Waals surface area (Å²) in [6.45, 7) is 2.86. The maximum atomic E-state index is 13.3. The fourth-order valence-corrected chi connectivity index (χ4v) is 4.41. The maximum Gasteiger partial charge on any atom is 0.255 e. The third-order valence-electron chi connectivity index (χ3n) is 5.73. The quantitative estimate of drug-likeness (QED) is 0.794. The van der Waals surface area contributed by atoms with Crippen LogP contribution in [0.2, 0.25) is 0 Å². The number of carbonyl (C=O) groups excluding carboxylic acids is 1. The van der Waals surface area contributed by atoms with Gasteiger partial charge in [-0.1, -0.05) is 42.5 Å². The van der Waals surface area contributed by atoms with Crippen LogP contribution < -0.4 is 9.64 Å². The molecule has 0 bridgehead atoms. The van der Waals surface area contributed by atoms with E-state index in [2.05, 4.69) is 23.1 Å². The first-order valence-electron chi connectivity index (χ1n) is 8.98. The molecule has 1 unspecified atom stereocenters. The summed E-state index contributed by atoms with van der Waals surface area (Å²) in [4.78, 5) is 20.8. The Morgan fingerprint density at radius 2 is 1.88 bits per heavy atom. The third kappa shape index (κ3) is 2.46. The second kappa shape index (κ2) is 6.32. The van der Waals surface area contributed by atoms with Crippen molar-refractivity contribution < 1.29 is 14.4 Å². The highest BCUT2D eigenvalue weighted by Gasteiger charge is 2.57. The van der Waals surface area contributed by atoms with E-state index in [-0.39, 0.29) is 17.7 Å². The summed E-state index contributed by atoms with van der Waals surface area (Å²) in [5.74, 6) is 0.454. The van der Waals surface area contributed by atoms with Crippen LogP contribution >= 0.6 is 0 Å². The van der Waals surface area contributed by atoms with Gasteiger partial charge < -0.3 is 9.64 Å². The van der Waals surface area contributed by atoms with Crippen LogP contribution in [0.3, 0.4) is 0 Å². The second-order valence-corrected chi connectivity index (χ2v) is 7.08. The molecule has 2 aliphatic rings. The molecule has 0 aliphatic carbocycles. The number of fused-ring (bicyclic) bond motifs is 3. The summed E-state index contributed by atoms with van der Waals surface area (Å²) in [5.41, 5.74) is 1.47. The molecule has 5 heteroatoms. The number of nitrogens with zero attached hydrogens (tertiary/aromatic N) is 2. The molecular formula is C21H24N2O3. The zero-order valence-electron chi connectivity index (χ0n) is 15.4. The van der Waals surface area contributed by atoms with E-state index in [0.29, 0.717) is 0 Å². The fourth-order valence-electron chi connectivity index (χ4n) is 4.41. The predicted octanol–water partition coefficient (Wildman–Crippen LogP) is 3.43. The first-order chi connectivity index (χ1) is 12.6. The van der Waals surface area contributed by atoms with Crippen LogP contribution in [0.15, 0.2) is 54.6 Å². The van der Waals surface area contributed by atoms with Gasteiger partial charge in [0.05, 0.1) is 12.8 Å². The molecule has 1 amide bonds. The topological polar surface area (TPSA) is 42.0 Å². The van der Waals surface area contributed by atoms with E-state index < -0.39 is 5.72 Å². The summed E-state index contributed by atoms with van der Waals surface area (Å²) < 4.78 is 6.40. The Morgan fingerprint density at radius 1 is 1.19 bits per heavy atom. The van der Waals surface area contributed by atoms with E-state index in [4.69, 9.17) is 9.57 Å². The lowest BCUT2D eigenvalue weighted by Gasteiger charge is -2.48. The van der Waals surface area contributed by atoms with E-state index in [1.165, 1.54) is 12.2 Å². The molecule has 0 saturated carbocycles. The minimum atomic E-state index is -0.744. The largest absolute Gasteiger partial charge is 0.465 e. The number of piperidine rings is 1. The molecule has 3 atom stereocenters. The minimum absolute atomic E-state index is 0.0665. The monoisotopic (exact) mass is 352 g/mol. The van der Waals surface area contributed by atoms with Gasteiger partial charge in [0.15, 0.2) is 5.72 Å². The summed E-state index contributed by atoms with van der Waals surface area (Å²) >= 11 is 0. The van der Waals surface area contributed by atoms with Crippen molar-refractivity contribution in [3.05, 3.63) is 60.2 Å². The lowest BCUT2D eigenvalue weighted by molar-refractivity contribution is -0.182. The molecule has 0 spiro atoms. The van der Waals surface area contributed by atoms with Crippen molar-refractivity contribution in [3.63, 3.8) is 0 Å². The zero-order chi connectivity index (χ0) is 18.3. The molecular weight excluding hydrogens is 328 g/mol. The summed E-state index contributed by atoms with van der Waals surface area (Å²) in [5, 5.41) is 1.32. The molecule has 26 heavy (non-hydrogen) atoms. The molecule has 0 N–H and O–H groups in total. The highest BCUT2D eigenvalue weighted by Crippen LogP contribution is 2.52. The Labute approximate surface area is 154 Å². The molecule has 0 aromatic heterocycles. The molecule has 0 radical (unpaired) electrons. The van der Waals surface area contributed by atoms with E-state index in [1.54, 1.807) is 7.05 Å². The molecule has 4 rings (SSSR count). The van der Waals surface area contributed by atoms with Crippen molar-refractivity contribution in [2.45, 2.75) is 25.0 Å². The minimum Gasteiger partial charge on any atom is -0.465 e. The molecule has 136 valence electrons. The number of para-hydroxylation sites is 2. The van der Waals surface area contributed by atoms with Crippen LogP contribution in [-0.4, -0.2) is 37.4 Å². The van der Waals surface area contributed by atoms with Gasteiger partial charge >= 0.3 is 0 Å². The maximum absolute atomic E-state index is 13.3. The average molecular weight is 352 g/mol. The van der Waals surface area contributed by atoms with E-state index >= 15 is 0 Å². The van der Waals surface area contributed by atoms with Gasteiger partial charge in [-0.05, 0) is 31.0 Å². The summed E-state index contributed by atoms with van der Waals surface area (Å²) in [6.07, 6.45) is 0.880. The molecule has 1 saturated heterocycles. The molecule has 2 heterocycles. The van der Waals surface area contributed by atoms with Gasteiger partial charge in [-0.25, -0.2) is 5.06 Å². The van der Waals surface area contributed by atoms with Gasteiger partial charge in [0.1, 0.15) is 11.7 Å². The van der Waals surface area contributed by atoms with Crippen LogP contribution in [0.25, 0.3) is 0 Å². The van der Waals surface area contributed by atoms with Gasteiger partial charge in [0, 0.05) is 19.5 Å². The highest BCUT2D eigenvalue weighted by atomic mass is 16.7. The number of amides is 1. The first-order valence-corrected chi connectivity index (χ1v) is 8.98. The Hall–Kier alpha value is -2.53. The van der Waals surface area contributed by atoms with Crippen LogP contribution in [0.5, 0.6) is 5.75 Å². The lowest BCUT2D eigenvalue weighted by Crippen LogP contribution is -2.62. The summed E-state index contributed by atoms with van der Waals surface area (Å²) in [6, 6.07) is 18.2. The Morgan fingerprint density at radius 3 is 2.62 bits per heavy atom. The van der Waals surface area contributed by atoms with Crippen molar-refractivity contribution in [2.24, 2.45) is 5.92 Å². The number of carbonyl (C=O) groups is 1. The van der Waals surface area contributed by atoms with Crippen LogP contribution in [0.4, 0.5) is 5.69 Å².